The Bertz CT molecular complexity index is 937. The van der Waals surface area contributed by atoms with E-state index in [2.05, 4.69) is 5.32 Å². The predicted octanol–water partition coefficient (Wildman–Crippen LogP) is 4.03. The van der Waals surface area contributed by atoms with Crippen LogP contribution >= 0.6 is 0 Å². The second-order valence-electron chi connectivity index (χ2n) is 7.76. The molecule has 0 amide bonds. The summed E-state index contributed by atoms with van der Waals surface area (Å²) in [5.74, 6) is -2.74. The molecule has 0 saturated heterocycles. The molecule has 2 aromatic carbocycles. The lowest BCUT2D eigenvalue weighted by molar-refractivity contribution is -0.159. The van der Waals surface area contributed by atoms with Crippen LogP contribution in [0.1, 0.15) is 38.7 Å². The summed E-state index contributed by atoms with van der Waals surface area (Å²) in [4.78, 5) is 26.2. The van der Waals surface area contributed by atoms with Crippen LogP contribution in [0.5, 0.6) is 0 Å². The second-order valence-corrected chi connectivity index (χ2v) is 7.76. The number of esters is 2. The zero-order chi connectivity index (χ0) is 22.4. The molecule has 164 valence electrons. The zero-order valence-electron chi connectivity index (χ0n) is 18.1. The summed E-state index contributed by atoms with van der Waals surface area (Å²) >= 11 is 0. The average molecular weight is 424 g/mol. The number of hydrogen-bond acceptors (Lipinski definition) is 6. The fourth-order valence-electron chi connectivity index (χ4n) is 4.18. The molecule has 0 aromatic heterocycles. The van der Waals surface area contributed by atoms with Crippen LogP contribution in [-0.4, -0.2) is 35.9 Å². The van der Waals surface area contributed by atoms with Crippen molar-refractivity contribution in [1.82, 2.24) is 0 Å². The number of hydrogen-bond donors (Lipinski definition) is 2. The maximum absolute atomic E-state index is 13.2. The lowest BCUT2D eigenvalue weighted by atomic mass is 9.66. The maximum atomic E-state index is 13.2. The lowest BCUT2D eigenvalue weighted by Crippen LogP contribution is -2.49. The van der Waals surface area contributed by atoms with E-state index in [0.29, 0.717) is 11.3 Å². The summed E-state index contributed by atoms with van der Waals surface area (Å²) in [5, 5.41) is 14.7. The first-order chi connectivity index (χ1) is 14.9. The van der Waals surface area contributed by atoms with Gasteiger partial charge < -0.3 is 19.9 Å². The van der Waals surface area contributed by atoms with E-state index in [1.54, 1.807) is 20.8 Å². The number of para-hydroxylation sites is 1. The molecule has 1 aliphatic carbocycles. The van der Waals surface area contributed by atoms with Crippen LogP contribution in [0, 0.1) is 5.92 Å². The second kappa shape index (κ2) is 9.79. The molecule has 3 atom stereocenters. The van der Waals surface area contributed by atoms with Crippen molar-refractivity contribution in [2.24, 2.45) is 5.92 Å². The third-order valence-corrected chi connectivity index (χ3v) is 5.44. The molecule has 0 heterocycles. The SMILES string of the molecule is CCOC(=O)C1=C(Nc2ccccc2)C[C@@](C)(O)[C@@H](C(=O)OCC)[C@@H]1c1ccccc1. The van der Waals surface area contributed by atoms with E-state index in [-0.39, 0.29) is 19.6 Å². The van der Waals surface area contributed by atoms with Gasteiger partial charge in [0, 0.05) is 23.7 Å². The molecule has 0 bridgehead atoms. The Kier molecular flexibility index (Phi) is 7.13. The van der Waals surface area contributed by atoms with Gasteiger partial charge in [0.1, 0.15) is 0 Å². The fourth-order valence-corrected chi connectivity index (χ4v) is 4.18. The molecule has 0 unspecified atom stereocenters. The fraction of sp³-hybridized carbons (Fsp3) is 0.360. The van der Waals surface area contributed by atoms with Gasteiger partial charge in [0.15, 0.2) is 0 Å². The average Bonchev–Trinajstić information content (AvgIpc) is 2.74. The van der Waals surface area contributed by atoms with Crippen molar-refractivity contribution in [1.29, 1.82) is 0 Å². The predicted molar refractivity (Wildman–Crippen MR) is 118 cm³/mol. The largest absolute Gasteiger partial charge is 0.466 e. The van der Waals surface area contributed by atoms with Crippen molar-refractivity contribution in [3.05, 3.63) is 77.5 Å². The molecule has 2 aromatic rings. The molecule has 6 nitrogen and oxygen atoms in total. The lowest BCUT2D eigenvalue weighted by Gasteiger charge is -2.43. The van der Waals surface area contributed by atoms with Crippen LogP contribution in [0.15, 0.2) is 71.9 Å². The smallest absolute Gasteiger partial charge is 0.336 e. The van der Waals surface area contributed by atoms with Gasteiger partial charge in [0.25, 0.3) is 0 Å². The van der Waals surface area contributed by atoms with Crippen LogP contribution in [0.3, 0.4) is 0 Å². The highest BCUT2D eigenvalue weighted by Gasteiger charge is 2.52. The Morgan fingerprint density at radius 3 is 2.16 bits per heavy atom. The van der Waals surface area contributed by atoms with Crippen molar-refractivity contribution in [2.75, 3.05) is 18.5 Å². The molecular weight excluding hydrogens is 394 g/mol. The van der Waals surface area contributed by atoms with Gasteiger partial charge in [-0.25, -0.2) is 4.79 Å². The molecule has 2 N–H and O–H groups in total. The van der Waals surface area contributed by atoms with E-state index in [0.717, 1.165) is 11.3 Å². The van der Waals surface area contributed by atoms with Gasteiger partial charge >= 0.3 is 11.9 Å². The number of aliphatic hydroxyl groups is 1. The highest BCUT2D eigenvalue weighted by Crippen LogP contribution is 2.48. The molecule has 0 saturated carbocycles. The van der Waals surface area contributed by atoms with Crippen LogP contribution < -0.4 is 5.32 Å². The normalized spacial score (nSPS) is 23.2. The molecule has 31 heavy (non-hydrogen) atoms. The van der Waals surface area contributed by atoms with Crippen molar-refractivity contribution in [3.8, 4) is 0 Å². The Balaban J connectivity index is 2.22. The van der Waals surface area contributed by atoms with Crippen LogP contribution in [0.25, 0.3) is 0 Å². The first kappa shape index (κ1) is 22.6. The third kappa shape index (κ3) is 4.97. The zero-order valence-corrected chi connectivity index (χ0v) is 18.1. The maximum Gasteiger partial charge on any atom is 0.336 e. The van der Waals surface area contributed by atoms with E-state index in [1.165, 1.54) is 0 Å². The number of carbonyl (C=O) groups excluding carboxylic acids is 2. The summed E-state index contributed by atoms with van der Waals surface area (Å²) in [5.41, 5.74) is 0.929. The number of benzene rings is 2. The summed E-state index contributed by atoms with van der Waals surface area (Å²) < 4.78 is 10.7. The minimum atomic E-state index is -1.44. The molecule has 0 fully saturated rings. The van der Waals surface area contributed by atoms with Gasteiger partial charge in [0.05, 0.1) is 30.3 Å². The third-order valence-electron chi connectivity index (χ3n) is 5.44. The first-order valence-electron chi connectivity index (χ1n) is 10.5. The van der Waals surface area contributed by atoms with E-state index in [9.17, 15) is 14.7 Å². The topological polar surface area (TPSA) is 84.9 Å². The van der Waals surface area contributed by atoms with Gasteiger partial charge in [-0.1, -0.05) is 48.5 Å². The van der Waals surface area contributed by atoms with Gasteiger partial charge in [-0.3, -0.25) is 4.79 Å². The monoisotopic (exact) mass is 423 g/mol. The van der Waals surface area contributed by atoms with Gasteiger partial charge in [0.2, 0.25) is 0 Å². The molecule has 3 rings (SSSR count). The van der Waals surface area contributed by atoms with E-state index in [1.807, 2.05) is 60.7 Å². The van der Waals surface area contributed by atoms with Gasteiger partial charge in [-0.05, 0) is 38.5 Å². The van der Waals surface area contributed by atoms with E-state index in [4.69, 9.17) is 9.47 Å². The molecular formula is C25H29NO5. The summed E-state index contributed by atoms with van der Waals surface area (Å²) in [6.07, 6.45) is 0.0723. The number of anilines is 1. The van der Waals surface area contributed by atoms with E-state index < -0.39 is 29.4 Å². The molecule has 6 heteroatoms. The minimum absolute atomic E-state index is 0.0723. The molecule has 0 aliphatic heterocycles. The highest BCUT2D eigenvalue weighted by molar-refractivity contribution is 5.94. The summed E-state index contributed by atoms with van der Waals surface area (Å²) in [6.45, 7) is 5.45. The van der Waals surface area contributed by atoms with Crippen LogP contribution in [0.4, 0.5) is 5.69 Å². The standard InChI is InChI=1S/C25H29NO5/c1-4-30-23(27)21-19(26-18-14-10-7-11-15-18)16-25(3,29)22(24(28)31-5-2)20(21)17-12-8-6-9-13-17/h6-15,20,22,26,29H,4-5,16H2,1-3H3/t20-,22-,25-/m1/s1. The Morgan fingerprint density at radius 2 is 1.58 bits per heavy atom. The quantitative estimate of drug-likeness (QED) is 0.654. The van der Waals surface area contributed by atoms with Crippen LogP contribution in [-0.2, 0) is 19.1 Å². The molecule has 0 spiro atoms. The summed E-state index contributed by atoms with van der Waals surface area (Å²) in [7, 11) is 0. The van der Waals surface area contributed by atoms with Gasteiger partial charge in [-0.15, -0.1) is 0 Å². The Morgan fingerprint density at radius 1 is 1.00 bits per heavy atom. The van der Waals surface area contributed by atoms with E-state index >= 15 is 0 Å². The van der Waals surface area contributed by atoms with Crippen molar-refractivity contribution in [2.45, 2.75) is 38.7 Å². The van der Waals surface area contributed by atoms with Gasteiger partial charge in [-0.2, -0.15) is 0 Å². The number of nitrogens with one attached hydrogen (secondary N) is 1. The molecule has 0 radical (unpaired) electrons. The Labute approximate surface area is 182 Å². The van der Waals surface area contributed by atoms with Crippen LogP contribution in [0.2, 0.25) is 0 Å². The van der Waals surface area contributed by atoms with Crippen molar-refractivity contribution < 1.29 is 24.2 Å². The number of carbonyl (C=O) groups is 2. The van der Waals surface area contributed by atoms with Crippen molar-refractivity contribution >= 4 is 17.6 Å². The Hall–Kier alpha value is -3.12. The number of ether oxygens (including phenoxy) is 2. The molecule has 1 aliphatic rings. The summed E-state index contributed by atoms with van der Waals surface area (Å²) in [6, 6.07) is 18.6. The van der Waals surface area contributed by atoms with Crippen molar-refractivity contribution in [3.63, 3.8) is 0 Å². The highest BCUT2D eigenvalue weighted by atomic mass is 16.5. The first-order valence-corrected chi connectivity index (χ1v) is 10.5. The minimum Gasteiger partial charge on any atom is -0.466 e. The number of rotatable bonds is 7.